The maximum atomic E-state index is 12.8. The van der Waals surface area contributed by atoms with Gasteiger partial charge in [-0.2, -0.15) is 0 Å². The molecular formula is C11H21F2NO2. The third kappa shape index (κ3) is 6.69. The van der Waals surface area contributed by atoms with E-state index >= 15 is 0 Å². The highest BCUT2D eigenvalue weighted by molar-refractivity contribution is 4.64. The molecule has 0 aromatic rings. The van der Waals surface area contributed by atoms with Crippen LogP contribution in [0.25, 0.3) is 0 Å². The molecule has 0 saturated carbocycles. The highest BCUT2D eigenvalue weighted by atomic mass is 19.1. The van der Waals surface area contributed by atoms with Crippen LogP contribution in [0.2, 0.25) is 0 Å². The number of hydrogen-bond donors (Lipinski definition) is 0. The highest BCUT2D eigenvalue weighted by Crippen LogP contribution is 2.15. The summed E-state index contributed by atoms with van der Waals surface area (Å²) in [6.45, 7) is 3.00. The molecule has 2 unspecified atom stereocenters. The Morgan fingerprint density at radius 3 is 2.19 bits per heavy atom. The Bertz CT molecular complexity index is 200. The van der Waals surface area contributed by atoms with Crippen LogP contribution in [-0.4, -0.2) is 23.3 Å². The van der Waals surface area contributed by atoms with Gasteiger partial charge in [-0.15, -0.1) is 0 Å². The molecule has 5 heteroatoms. The van der Waals surface area contributed by atoms with Gasteiger partial charge in [0.05, 0.1) is 6.17 Å². The first-order valence-corrected chi connectivity index (χ1v) is 5.90. The maximum Gasteiger partial charge on any atom is 0.243 e. The maximum absolute atomic E-state index is 12.8. The van der Waals surface area contributed by atoms with Crippen molar-refractivity contribution in [3.8, 4) is 0 Å². The summed E-state index contributed by atoms with van der Waals surface area (Å²) in [5.74, 6) is 0. The Kier molecular flexibility index (Phi) is 8.03. The Morgan fingerprint density at radius 2 is 1.75 bits per heavy atom. The number of unbranched alkanes of at least 4 members (excludes halogenated alkanes) is 2. The van der Waals surface area contributed by atoms with E-state index in [0.717, 1.165) is 12.8 Å². The Hall–Kier alpha value is -0.740. The van der Waals surface area contributed by atoms with Gasteiger partial charge in [0.15, 0.2) is 6.17 Å². The second-order valence-electron chi connectivity index (χ2n) is 4.17. The van der Waals surface area contributed by atoms with Gasteiger partial charge in [0, 0.05) is 11.3 Å². The smallest absolute Gasteiger partial charge is 0.243 e. The predicted octanol–water partition coefficient (Wildman–Crippen LogP) is 3.69. The topological polar surface area (TPSA) is 43.1 Å². The fraction of sp³-hybridized carbons (Fsp3) is 1.00. The Balaban J connectivity index is 3.59. The molecule has 0 heterocycles. The summed E-state index contributed by atoms with van der Waals surface area (Å²) in [6.07, 6.45) is 1.12. The van der Waals surface area contributed by atoms with Crippen molar-refractivity contribution in [2.45, 2.75) is 70.8 Å². The van der Waals surface area contributed by atoms with E-state index in [0.29, 0.717) is 19.3 Å². The molecular weight excluding hydrogens is 216 g/mol. The number of rotatable bonds is 9. The van der Waals surface area contributed by atoms with Gasteiger partial charge in [0.25, 0.3) is 0 Å². The normalized spacial score (nSPS) is 16.8. The van der Waals surface area contributed by atoms with Gasteiger partial charge in [-0.3, -0.25) is 10.1 Å². The van der Waals surface area contributed by atoms with E-state index in [9.17, 15) is 18.9 Å². The van der Waals surface area contributed by atoms with Crippen LogP contribution in [0.3, 0.4) is 0 Å². The Labute approximate surface area is 95.4 Å². The molecule has 0 aliphatic rings. The monoisotopic (exact) mass is 237 g/mol. The van der Waals surface area contributed by atoms with E-state index in [-0.39, 0.29) is 6.42 Å². The molecule has 3 atom stereocenters. The molecule has 3 nitrogen and oxygen atoms in total. The molecule has 16 heavy (non-hydrogen) atoms. The van der Waals surface area contributed by atoms with Gasteiger partial charge in [-0.1, -0.05) is 19.8 Å². The number of hydrogen-bond acceptors (Lipinski definition) is 2. The van der Waals surface area contributed by atoms with Crippen molar-refractivity contribution in [3.05, 3.63) is 10.1 Å². The first-order valence-electron chi connectivity index (χ1n) is 5.90. The minimum atomic E-state index is -1.42. The lowest BCUT2D eigenvalue weighted by Gasteiger charge is -2.10. The van der Waals surface area contributed by atoms with Crippen LogP contribution in [0.15, 0.2) is 0 Å². The predicted molar refractivity (Wildman–Crippen MR) is 59.6 cm³/mol. The van der Waals surface area contributed by atoms with E-state index in [1.54, 1.807) is 6.92 Å². The fourth-order valence-electron chi connectivity index (χ4n) is 1.60. The average molecular weight is 237 g/mol. The first-order chi connectivity index (χ1) is 7.49. The minimum absolute atomic E-state index is 0.244. The number of nitrogens with zero attached hydrogens (tertiary/aromatic N) is 1. The van der Waals surface area contributed by atoms with Crippen LogP contribution >= 0.6 is 0 Å². The third-order valence-corrected chi connectivity index (χ3v) is 2.76. The standard InChI is InChI=1S/C11H21F2NO2/c1-3-10(13)7-5-4-6-8-11(9(2)12)14(15)16/h9-11H,3-8H2,1-2H3/t9-,10?,11?/m1/s1. The van der Waals surface area contributed by atoms with Crippen LogP contribution in [0.1, 0.15) is 52.4 Å². The van der Waals surface area contributed by atoms with E-state index in [4.69, 9.17) is 0 Å². The summed E-state index contributed by atoms with van der Waals surface area (Å²) < 4.78 is 25.6. The lowest BCUT2D eigenvalue weighted by atomic mass is 10.0. The molecule has 0 aromatic carbocycles. The molecule has 0 amide bonds. The highest BCUT2D eigenvalue weighted by Gasteiger charge is 2.26. The van der Waals surface area contributed by atoms with Gasteiger partial charge >= 0.3 is 0 Å². The van der Waals surface area contributed by atoms with Crippen LogP contribution in [0.4, 0.5) is 8.78 Å². The summed E-state index contributed by atoms with van der Waals surface area (Å²) in [7, 11) is 0. The molecule has 0 aromatic heterocycles. The zero-order chi connectivity index (χ0) is 12.6. The van der Waals surface area contributed by atoms with Gasteiger partial charge in [0.1, 0.15) is 0 Å². The van der Waals surface area contributed by atoms with E-state index in [1.165, 1.54) is 6.92 Å². The van der Waals surface area contributed by atoms with Crippen LogP contribution in [0, 0.1) is 10.1 Å². The quantitative estimate of drug-likeness (QED) is 0.348. The summed E-state index contributed by atoms with van der Waals surface area (Å²) in [5.41, 5.74) is 0. The van der Waals surface area contributed by atoms with Crippen molar-refractivity contribution in [1.29, 1.82) is 0 Å². The van der Waals surface area contributed by atoms with Crippen molar-refractivity contribution >= 4 is 0 Å². The Morgan fingerprint density at radius 1 is 1.19 bits per heavy atom. The van der Waals surface area contributed by atoms with Crippen LogP contribution in [0.5, 0.6) is 0 Å². The lowest BCUT2D eigenvalue weighted by Crippen LogP contribution is -2.28. The zero-order valence-electron chi connectivity index (χ0n) is 9.99. The summed E-state index contributed by atoms with van der Waals surface area (Å²) >= 11 is 0. The van der Waals surface area contributed by atoms with E-state index in [2.05, 4.69) is 0 Å². The van der Waals surface area contributed by atoms with Gasteiger partial charge in [0.2, 0.25) is 6.04 Å². The van der Waals surface area contributed by atoms with Crippen molar-refractivity contribution < 1.29 is 13.7 Å². The van der Waals surface area contributed by atoms with Gasteiger partial charge < -0.3 is 0 Å². The fourth-order valence-corrected chi connectivity index (χ4v) is 1.60. The first kappa shape index (κ1) is 15.3. The van der Waals surface area contributed by atoms with Crippen molar-refractivity contribution in [1.82, 2.24) is 0 Å². The molecule has 0 radical (unpaired) electrons. The number of alkyl halides is 2. The van der Waals surface area contributed by atoms with E-state index in [1.807, 2.05) is 0 Å². The SMILES string of the molecule is CCC(F)CCCCCC([C@@H](C)F)[N+](=O)[O-]. The minimum Gasteiger partial charge on any atom is -0.264 e. The lowest BCUT2D eigenvalue weighted by molar-refractivity contribution is -0.531. The molecule has 0 rings (SSSR count). The van der Waals surface area contributed by atoms with Gasteiger partial charge in [-0.25, -0.2) is 8.78 Å². The van der Waals surface area contributed by atoms with Crippen LogP contribution < -0.4 is 0 Å². The second kappa shape index (κ2) is 8.42. The zero-order valence-corrected chi connectivity index (χ0v) is 9.99. The van der Waals surface area contributed by atoms with Crippen molar-refractivity contribution in [2.75, 3.05) is 0 Å². The van der Waals surface area contributed by atoms with Gasteiger partial charge in [-0.05, 0) is 26.2 Å². The van der Waals surface area contributed by atoms with Crippen LogP contribution in [-0.2, 0) is 0 Å². The average Bonchev–Trinajstić information content (AvgIpc) is 2.21. The summed E-state index contributed by atoms with van der Waals surface area (Å²) in [5, 5.41) is 10.5. The molecule has 0 aliphatic heterocycles. The number of halogens is 2. The van der Waals surface area contributed by atoms with E-state index < -0.39 is 23.3 Å². The molecule has 0 spiro atoms. The molecule has 0 fully saturated rings. The molecule has 0 bridgehead atoms. The molecule has 0 N–H and O–H groups in total. The van der Waals surface area contributed by atoms with Crippen molar-refractivity contribution in [3.63, 3.8) is 0 Å². The molecule has 0 saturated heterocycles. The second-order valence-corrected chi connectivity index (χ2v) is 4.17. The summed E-state index contributed by atoms with van der Waals surface area (Å²) in [6, 6.07) is -1.10. The van der Waals surface area contributed by atoms with Crippen molar-refractivity contribution in [2.24, 2.45) is 0 Å². The third-order valence-electron chi connectivity index (χ3n) is 2.76. The largest absolute Gasteiger partial charge is 0.264 e. The molecule has 0 aliphatic carbocycles. The summed E-state index contributed by atoms with van der Waals surface area (Å²) in [4.78, 5) is 9.90. The number of nitro groups is 1. The molecule has 96 valence electrons.